The monoisotopic (exact) mass is 314 g/mol. The summed E-state index contributed by atoms with van der Waals surface area (Å²) in [6.07, 6.45) is 2.43. The van der Waals surface area contributed by atoms with E-state index in [1.54, 1.807) is 10.4 Å². The summed E-state index contributed by atoms with van der Waals surface area (Å²) in [5.41, 5.74) is 0. The van der Waals surface area contributed by atoms with E-state index in [4.69, 9.17) is 0 Å². The van der Waals surface area contributed by atoms with Crippen molar-refractivity contribution in [1.82, 2.24) is 9.62 Å². The molecular weight excluding hydrogens is 292 g/mol. The highest BCUT2D eigenvalue weighted by Gasteiger charge is 2.36. The summed E-state index contributed by atoms with van der Waals surface area (Å²) >= 11 is 1.54. The fourth-order valence-corrected chi connectivity index (χ4v) is 5.63. The number of hydrogen-bond donors (Lipinski definition) is 1. The number of thiophene rings is 1. The van der Waals surface area contributed by atoms with Crippen LogP contribution in [0.25, 0.3) is 0 Å². The lowest BCUT2D eigenvalue weighted by Gasteiger charge is -2.16. The molecule has 1 saturated heterocycles. The minimum Gasteiger partial charge on any atom is -0.309 e. The summed E-state index contributed by atoms with van der Waals surface area (Å²) in [5.74, 6) is 0.882. The Bertz CT molecular complexity index is 568. The zero-order valence-corrected chi connectivity index (χ0v) is 13.6. The molecule has 6 heteroatoms. The van der Waals surface area contributed by atoms with Gasteiger partial charge in [0.15, 0.2) is 0 Å². The first-order chi connectivity index (χ1) is 9.48. The van der Waals surface area contributed by atoms with Crippen molar-refractivity contribution in [2.45, 2.75) is 44.2 Å². The van der Waals surface area contributed by atoms with E-state index in [1.165, 1.54) is 24.2 Å². The Hall–Kier alpha value is -0.430. The van der Waals surface area contributed by atoms with Crippen LogP contribution >= 0.6 is 11.3 Å². The maximum atomic E-state index is 12.8. The zero-order chi connectivity index (χ0) is 14.3. The first-order valence-corrected chi connectivity index (χ1v) is 9.60. The highest BCUT2D eigenvalue weighted by atomic mass is 32.2. The molecule has 1 N–H and O–H groups in total. The van der Waals surface area contributed by atoms with Gasteiger partial charge in [0, 0.05) is 30.6 Å². The van der Waals surface area contributed by atoms with Crippen LogP contribution in [0.2, 0.25) is 0 Å². The Labute approximate surface area is 125 Å². The number of nitrogens with one attached hydrogen (secondary N) is 1. The molecule has 3 rings (SSSR count). The molecule has 1 saturated carbocycles. The smallest absolute Gasteiger partial charge is 0.244 e. The van der Waals surface area contributed by atoms with E-state index in [0.29, 0.717) is 42.4 Å². The molecule has 0 radical (unpaired) electrons. The number of hydrogen-bond acceptors (Lipinski definition) is 4. The van der Waals surface area contributed by atoms with Crippen molar-refractivity contribution in [3.05, 3.63) is 16.3 Å². The predicted molar refractivity (Wildman–Crippen MR) is 81.3 cm³/mol. The van der Waals surface area contributed by atoms with Gasteiger partial charge in [-0.15, -0.1) is 11.3 Å². The van der Waals surface area contributed by atoms with E-state index < -0.39 is 10.0 Å². The SMILES string of the molecule is CC1CN(S(=O)(=O)c2ccsc2CNC2CC2)CC1C. The molecule has 2 atom stereocenters. The molecule has 0 aromatic carbocycles. The van der Waals surface area contributed by atoms with E-state index in [-0.39, 0.29) is 0 Å². The van der Waals surface area contributed by atoms with Gasteiger partial charge in [-0.05, 0) is 36.1 Å². The van der Waals surface area contributed by atoms with Crippen LogP contribution in [-0.4, -0.2) is 31.9 Å². The molecule has 2 unspecified atom stereocenters. The second-order valence-corrected chi connectivity index (χ2v) is 9.05. The van der Waals surface area contributed by atoms with E-state index in [9.17, 15) is 8.42 Å². The molecule has 2 fully saturated rings. The summed E-state index contributed by atoms with van der Waals surface area (Å²) in [7, 11) is -3.32. The van der Waals surface area contributed by atoms with Crippen LogP contribution in [0.5, 0.6) is 0 Å². The van der Waals surface area contributed by atoms with Crippen molar-refractivity contribution in [2.75, 3.05) is 13.1 Å². The molecule has 2 aliphatic rings. The zero-order valence-electron chi connectivity index (χ0n) is 12.0. The van der Waals surface area contributed by atoms with Crippen molar-refractivity contribution >= 4 is 21.4 Å². The van der Waals surface area contributed by atoms with Crippen LogP contribution in [0.1, 0.15) is 31.6 Å². The molecule has 20 heavy (non-hydrogen) atoms. The highest BCUT2D eigenvalue weighted by Crippen LogP contribution is 2.31. The summed E-state index contributed by atoms with van der Waals surface area (Å²) in [6.45, 7) is 6.23. The fourth-order valence-electron chi connectivity index (χ4n) is 2.62. The number of nitrogens with zero attached hydrogens (tertiary/aromatic N) is 1. The minimum atomic E-state index is -3.32. The Kier molecular flexibility index (Phi) is 3.92. The molecule has 0 spiro atoms. The van der Waals surface area contributed by atoms with Crippen LogP contribution in [-0.2, 0) is 16.6 Å². The molecule has 1 aliphatic carbocycles. The highest BCUT2D eigenvalue weighted by molar-refractivity contribution is 7.89. The first kappa shape index (κ1) is 14.5. The van der Waals surface area contributed by atoms with E-state index in [1.807, 2.05) is 5.38 Å². The molecular formula is C14H22N2O2S2. The first-order valence-electron chi connectivity index (χ1n) is 7.28. The van der Waals surface area contributed by atoms with Crippen molar-refractivity contribution in [2.24, 2.45) is 11.8 Å². The maximum Gasteiger partial charge on any atom is 0.244 e. The molecule has 1 aromatic heterocycles. The Morgan fingerprint density at radius 3 is 2.55 bits per heavy atom. The third kappa shape index (κ3) is 2.79. The lowest BCUT2D eigenvalue weighted by molar-refractivity contribution is 0.462. The van der Waals surface area contributed by atoms with Crippen molar-refractivity contribution in [3.8, 4) is 0 Å². The largest absolute Gasteiger partial charge is 0.309 e. The molecule has 0 bridgehead atoms. The maximum absolute atomic E-state index is 12.8. The number of sulfonamides is 1. The third-order valence-corrected chi connectivity index (χ3v) is 7.37. The average molecular weight is 314 g/mol. The van der Waals surface area contributed by atoms with E-state index in [2.05, 4.69) is 19.2 Å². The summed E-state index contributed by atoms with van der Waals surface area (Å²) in [4.78, 5) is 1.46. The molecule has 1 aromatic rings. The van der Waals surface area contributed by atoms with Gasteiger partial charge in [-0.2, -0.15) is 4.31 Å². The van der Waals surface area contributed by atoms with Crippen molar-refractivity contribution in [3.63, 3.8) is 0 Å². The summed E-state index contributed by atoms with van der Waals surface area (Å²) in [5, 5.41) is 5.30. The Balaban J connectivity index is 1.78. The van der Waals surface area contributed by atoms with Crippen molar-refractivity contribution < 1.29 is 8.42 Å². The van der Waals surface area contributed by atoms with Crippen LogP contribution in [0.15, 0.2) is 16.3 Å². The average Bonchev–Trinajstić information content (AvgIpc) is 2.99. The third-order valence-electron chi connectivity index (χ3n) is 4.41. The van der Waals surface area contributed by atoms with Gasteiger partial charge in [-0.25, -0.2) is 8.42 Å². The molecule has 0 amide bonds. The normalized spacial score (nSPS) is 28.1. The molecule has 1 aliphatic heterocycles. The lowest BCUT2D eigenvalue weighted by atomic mass is 10.0. The minimum absolute atomic E-state index is 0.441. The number of rotatable bonds is 5. The van der Waals surface area contributed by atoms with Crippen LogP contribution in [0, 0.1) is 11.8 Å². The second-order valence-electron chi connectivity index (χ2n) is 6.14. The topological polar surface area (TPSA) is 49.4 Å². The van der Waals surface area contributed by atoms with Gasteiger partial charge in [0.05, 0.1) is 4.90 Å². The molecule has 4 nitrogen and oxygen atoms in total. The molecule has 2 heterocycles. The second kappa shape index (κ2) is 5.40. The van der Waals surface area contributed by atoms with Crippen LogP contribution in [0.4, 0.5) is 0 Å². The van der Waals surface area contributed by atoms with Gasteiger partial charge in [0.1, 0.15) is 0 Å². The Morgan fingerprint density at radius 1 is 1.30 bits per heavy atom. The van der Waals surface area contributed by atoms with Gasteiger partial charge in [0.2, 0.25) is 10.0 Å². The predicted octanol–water partition coefficient (Wildman–Crippen LogP) is 2.28. The van der Waals surface area contributed by atoms with E-state index >= 15 is 0 Å². The van der Waals surface area contributed by atoms with Gasteiger partial charge >= 0.3 is 0 Å². The van der Waals surface area contributed by atoms with E-state index in [0.717, 1.165) is 4.88 Å². The standard InChI is InChI=1S/C14H22N2O2S2/c1-10-8-16(9-11(10)2)20(17,18)14-5-6-19-13(14)7-15-12-3-4-12/h5-6,10-12,15H,3-4,7-9H2,1-2H3. The van der Waals surface area contributed by atoms with Gasteiger partial charge in [-0.1, -0.05) is 13.8 Å². The van der Waals surface area contributed by atoms with Crippen molar-refractivity contribution in [1.29, 1.82) is 0 Å². The van der Waals surface area contributed by atoms with Gasteiger partial charge in [0.25, 0.3) is 0 Å². The van der Waals surface area contributed by atoms with Crippen LogP contribution < -0.4 is 5.32 Å². The molecule has 112 valence electrons. The van der Waals surface area contributed by atoms with Gasteiger partial charge in [-0.3, -0.25) is 0 Å². The fraction of sp³-hybridized carbons (Fsp3) is 0.714. The van der Waals surface area contributed by atoms with Gasteiger partial charge < -0.3 is 5.32 Å². The quantitative estimate of drug-likeness (QED) is 0.907. The Morgan fingerprint density at radius 2 is 1.95 bits per heavy atom. The summed E-state index contributed by atoms with van der Waals surface area (Å²) in [6, 6.07) is 2.36. The summed E-state index contributed by atoms with van der Waals surface area (Å²) < 4.78 is 27.2. The van der Waals surface area contributed by atoms with Crippen LogP contribution in [0.3, 0.4) is 0 Å². The lowest BCUT2D eigenvalue weighted by Crippen LogP contribution is -2.30.